The van der Waals surface area contributed by atoms with Crippen LogP contribution in [0.15, 0.2) is 18.2 Å². The summed E-state index contributed by atoms with van der Waals surface area (Å²) in [5.41, 5.74) is 0.889. The third-order valence-electron chi connectivity index (χ3n) is 3.23. The first kappa shape index (κ1) is 10.0. The molecule has 1 saturated carbocycles. The first-order chi connectivity index (χ1) is 7.04. The first-order valence-electron chi connectivity index (χ1n) is 5.09. The number of phenolic OH excluding ortho intramolecular Hbond substituents is 1. The Balaban J connectivity index is 2.47. The minimum absolute atomic E-state index is 0.150. The maximum Gasteiger partial charge on any atom is 0.314 e. The molecule has 0 saturated heterocycles. The van der Waals surface area contributed by atoms with Gasteiger partial charge in [-0.25, -0.2) is 0 Å². The summed E-state index contributed by atoms with van der Waals surface area (Å²) < 4.78 is 0. The van der Waals surface area contributed by atoms with Gasteiger partial charge in [0, 0.05) is 0 Å². The number of phenols is 1. The zero-order chi connectivity index (χ0) is 11.1. The molecule has 0 spiro atoms. The minimum atomic E-state index is -0.779. The van der Waals surface area contributed by atoms with Gasteiger partial charge in [-0.1, -0.05) is 12.5 Å². The fraction of sp³-hybridized carbons (Fsp3) is 0.417. The van der Waals surface area contributed by atoms with E-state index >= 15 is 0 Å². The highest BCUT2D eigenvalue weighted by Crippen LogP contribution is 2.44. The van der Waals surface area contributed by atoms with E-state index in [1.807, 2.05) is 13.0 Å². The van der Waals surface area contributed by atoms with Gasteiger partial charge in [0.25, 0.3) is 0 Å². The molecule has 2 N–H and O–H groups in total. The molecule has 1 aliphatic carbocycles. The summed E-state index contributed by atoms with van der Waals surface area (Å²) in [5.74, 6) is -0.628. The molecule has 2 rings (SSSR count). The van der Waals surface area contributed by atoms with Crippen LogP contribution in [0.3, 0.4) is 0 Å². The van der Waals surface area contributed by atoms with Crippen molar-refractivity contribution in [1.29, 1.82) is 0 Å². The maximum absolute atomic E-state index is 11.2. The summed E-state index contributed by atoms with van der Waals surface area (Å²) in [4.78, 5) is 11.2. The molecule has 15 heavy (non-hydrogen) atoms. The number of aromatic hydroxyl groups is 1. The van der Waals surface area contributed by atoms with Gasteiger partial charge in [0.15, 0.2) is 0 Å². The summed E-state index contributed by atoms with van der Waals surface area (Å²) >= 11 is 0. The summed E-state index contributed by atoms with van der Waals surface area (Å²) in [7, 11) is 0. The quantitative estimate of drug-likeness (QED) is 0.780. The van der Waals surface area contributed by atoms with Crippen LogP contribution in [0, 0.1) is 6.92 Å². The number of hydrogen-bond donors (Lipinski definition) is 2. The van der Waals surface area contributed by atoms with Crippen LogP contribution in [0.4, 0.5) is 0 Å². The van der Waals surface area contributed by atoms with Crippen LogP contribution in [-0.2, 0) is 10.2 Å². The van der Waals surface area contributed by atoms with Crippen LogP contribution in [0.5, 0.6) is 5.75 Å². The van der Waals surface area contributed by atoms with Gasteiger partial charge in [-0.15, -0.1) is 0 Å². The van der Waals surface area contributed by atoms with Crippen LogP contribution in [0.2, 0.25) is 0 Å². The molecule has 0 aromatic heterocycles. The molecule has 1 aromatic carbocycles. The van der Waals surface area contributed by atoms with E-state index in [-0.39, 0.29) is 5.75 Å². The van der Waals surface area contributed by atoms with E-state index in [1.165, 1.54) is 0 Å². The van der Waals surface area contributed by atoms with Gasteiger partial charge in [-0.2, -0.15) is 0 Å². The fourth-order valence-electron chi connectivity index (χ4n) is 2.20. The SMILES string of the molecule is Cc1cc(O)cc(C2(C(=O)O)CCC2)c1. The van der Waals surface area contributed by atoms with Crippen molar-refractivity contribution in [3.8, 4) is 5.75 Å². The zero-order valence-corrected chi connectivity index (χ0v) is 8.66. The summed E-state index contributed by atoms with van der Waals surface area (Å²) in [6.07, 6.45) is 2.29. The van der Waals surface area contributed by atoms with Crippen molar-refractivity contribution in [3.63, 3.8) is 0 Å². The number of benzene rings is 1. The smallest absolute Gasteiger partial charge is 0.314 e. The number of aliphatic carboxylic acids is 1. The Morgan fingerprint density at radius 2 is 2.00 bits per heavy atom. The van der Waals surface area contributed by atoms with Crippen molar-refractivity contribution in [2.45, 2.75) is 31.6 Å². The van der Waals surface area contributed by atoms with Gasteiger partial charge in [-0.05, 0) is 43.0 Å². The van der Waals surface area contributed by atoms with Crippen molar-refractivity contribution < 1.29 is 15.0 Å². The molecule has 0 atom stereocenters. The van der Waals surface area contributed by atoms with E-state index in [9.17, 15) is 15.0 Å². The average molecular weight is 206 g/mol. The molecule has 3 nitrogen and oxygen atoms in total. The topological polar surface area (TPSA) is 57.5 Å². The van der Waals surface area contributed by atoms with E-state index in [4.69, 9.17) is 0 Å². The third kappa shape index (κ3) is 1.48. The molecule has 0 unspecified atom stereocenters. The summed E-state index contributed by atoms with van der Waals surface area (Å²) in [6, 6.07) is 5.06. The number of carbonyl (C=O) groups is 1. The van der Waals surface area contributed by atoms with E-state index in [1.54, 1.807) is 12.1 Å². The number of rotatable bonds is 2. The lowest BCUT2D eigenvalue weighted by molar-refractivity contribution is -0.147. The molecule has 1 fully saturated rings. The molecule has 1 aromatic rings. The van der Waals surface area contributed by atoms with Gasteiger partial charge in [0.2, 0.25) is 0 Å². The van der Waals surface area contributed by atoms with Crippen molar-refractivity contribution in [2.75, 3.05) is 0 Å². The molecule has 3 heteroatoms. The Hall–Kier alpha value is -1.51. The predicted octanol–water partition coefficient (Wildman–Crippen LogP) is 2.21. The zero-order valence-electron chi connectivity index (χ0n) is 8.66. The average Bonchev–Trinajstić information content (AvgIpc) is 1.97. The van der Waals surface area contributed by atoms with Crippen molar-refractivity contribution >= 4 is 5.97 Å². The lowest BCUT2D eigenvalue weighted by Crippen LogP contribution is -2.42. The highest BCUT2D eigenvalue weighted by atomic mass is 16.4. The van der Waals surface area contributed by atoms with Crippen LogP contribution in [0.25, 0.3) is 0 Å². The van der Waals surface area contributed by atoms with Crippen molar-refractivity contribution in [3.05, 3.63) is 29.3 Å². The standard InChI is InChI=1S/C12H14O3/c1-8-5-9(7-10(13)6-8)12(11(14)15)3-2-4-12/h5-7,13H,2-4H2,1H3,(H,14,15). The molecular weight excluding hydrogens is 192 g/mol. The van der Waals surface area contributed by atoms with Crippen molar-refractivity contribution in [1.82, 2.24) is 0 Å². The minimum Gasteiger partial charge on any atom is -0.508 e. The van der Waals surface area contributed by atoms with Crippen molar-refractivity contribution in [2.24, 2.45) is 0 Å². The number of carboxylic acids is 1. The second-order valence-electron chi connectivity index (χ2n) is 4.30. The highest BCUT2D eigenvalue weighted by Gasteiger charge is 2.46. The lowest BCUT2D eigenvalue weighted by Gasteiger charge is -2.38. The lowest BCUT2D eigenvalue weighted by atomic mass is 9.64. The highest BCUT2D eigenvalue weighted by molar-refractivity contribution is 5.82. The van der Waals surface area contributed by atoms with Crippen LogP contribution in [0.1, 0.15) is 30.4 Å². The monoisotopic (exact) mass is 206 g/mol. The van der Waals surface area contributed by atoms with Gasteiger partial charge >= 0.3 is 5.97 Å². The van der Waals surface area contributed by atoms with Gasteiger partial charge in [0.05, 0.1) is 5.41 Å². The second-order valence-corrected chi connectivity index (χ2v) is 4.30. The first-order valence-corrected chi connectivity index (χ1v) is 5.09. The number of aryl methyl sites for hydroxylation is 1. The van der Waals surface area contributed by atoms with Gasteiger partial charge in [-0.3, -0.25) is 4.79 Å². The Kier molecular flexibility index (Phi) is 2.18. The van der Waals surface area contributed by atoms with E-state index < -0.39 is 11.4 Å². The fourth-order valence-corrected chi connectivity index (χ4v) is 2.20. The number of carboxylic acid groups (broad SMARTS) is 1. The van der Waals surface area contributed by atoms with E-state index in [2.05, 4.69) is 0 Å². The van der Waals surface area contributed by atoms with E-state index in [0.717, 1.165) is 17.5 Å². The Labute approximate surface area is 88.4 Å². The molecular formula is C12H14O3. The van der Waals surface area contributed by atoms with Crippen LogP contribution < -0.4 is 0 Å². The summed E-state index contributed by atoms with van der Waals surface area (Å²) in [6.45, 7) is 1.86. The molecule has 0 aliphatic heterocycles. The Morgan fingerprint density at radius 1 is 1.33 bits per heavy atom. The van der Waals surface area contributed by atoms with E-state index in [0.29, 0.717) is 12.8 Å². The molecule has 0 heterocycles. The molecule has 1 aliphatic rings. The van der Waals surface area contributed by atoms with Gasteiger partial charge < -0.3 is 10.2 Å². The Morgan fingerprint density at radius 3 is 2.40 bits per heavy atom. The largest absolute Gasteiger partial charge is 0.508 e. The molecule has 0 radical (unpaired) electrons. The predicted molar refractivity (Wildman–Crippen MR) is 56.0 cm³/mol. The molecule has 0 bridgehead atoms. The summed E-state index contributed by atoms with van der Waals surface area (Å²) in [5, 5.41) is 18.7. The van der Waals surface area contributed by atoms with Crippen LogP contribution >= 0.6 is 0 Å². The maximum atomic E-state index is 11.2. The number of hydrogen-bond acceptors (Lipinski definition) is 2. The third-order valence-corrected chi connectivity index (χ3v) is 3.23. The van der Waals surface area contributed by atoms with Crippen LogP contribution in [-0.4, -0.2) is 16.2 Å². The second kappa shape index (κ2) is 3.26. The van der Waals surface area contributed by atoms with Gasteiger partial charge in [0.1, 0.15) is 5.75 Å². The molecule has 80 valence electrons. The Bertz CT molecular complexity index is 385. The normalized spacial score (nSPS) is 18.2. The molecule has 0 amide bonds.